The first-order valence-corrected chi connectivity index (χ1v) is 6.34. The van der Waals surface area contributed by atoms with E-state index in [0.29, 0.717) is 6.42 Å². The minimum absolute atomic E-state index is 0.103. The second kappa shape index (κ2) is 8.96. The fourth-order valence-electron chi connectivity index (χ4n) is 0.731. The number of unbranched alkanes of at least 4 members (excludes halogenated alkanes) is 2. The van der Waals surface area contributed by atoms with Crippen LogP contribution < -0.4 is 0 Å². The number of hydrogen-bond acceptors (Lipinski definition) is 3. The predicted octanol–water partition coefficient (Wildman–Crippen LogP) is 1.12. The third-order valence-corrected chi connectivity index (χ3v) is 2.08. The molecule has 0 bridgehead atoms. The molecule has 0 aliphatic carbocycles. The quantitative estimate of drug-likeness (QED) is 0.430. The first kappa shape index (κ1) is 11.9. The molecule has 0 aliphatic rings. The first-order chi connectivity index (χ1) is 5.81. The number of carbonyl (C=O) groups is 1. The molecule has 0 atom stereocenters. The van der Waals surface area contributed by atoms with Gasteiger partial charge in [-0.15, -0.1) is 0 Å². The average molecular weight is 279 g/mol. The predicted molar refractivity (Wildman–Crippen MR) is 45.4 cm³/mol. The fraction of sp³-hybridized carbons (Fsp3) is 0.750. The van der Waals surface area contributed by atoms with Gasteiger partial charge in [0, 0.05) is 0 Å². The van der Waals surface area contributed by atoms with E-state index in [1.165, 1.54) is 0 Å². The topological polar surface area (TPSA) is 43.4 Å². The molecule has 0 saturated carbocycles. The van der Waals surface area contributed by atoms with Gasteiger partial charge in [0.25, 0.3) is 0 Å². The molecule has 12 heavy (non-hydrogen) atoms. The monoisotopic (exact) mass is 278 g/mol. The van der Waals surface area contributed by atoms with E-state index in [-0.39, 0.29) is 12.6 Å². The molecule has 4 heteroatoms. The van der Waals surface area contributed by atoms with Crippen molar-refractivity contribution in [3.05, 3.63) is 0 Å². The standard InChI is InChI=1S/C8H13O2.O.Sb/c1-3-5-6-7-8(9)10-4-2;;/h3-7H2,1H3;;. The Morgan fingerprint density at radius 3 is 2.83 bits per heavy atom. The zero-order valence-corrected chi connectivity index (χ0v) is 9.76. The van der Waals surface area contributed by atoms with Crippen molar-refractivity contribution in [2.24, 2.45) is 0 Å². The number of carbonyl (C=O) groups excluding carboxylic acids is 1. The Bertz CT molecular complexity index is 217. The van der Waals surface area contributed by atoms with E-state index in [4.69, 9.17) is 4.74 Å². The Morgan fingerprint density at radius 1 is 1.50 bits per heavy atom. The molecule has 0 N–H and O–H groups in total. The summed E-state index contributed by atoms with van der Waals surface area (Å²) in [6.07, 6.45) is 3.50. The maximum atomic E-state index is 10.8. The van der Waals surface area contributed by atoms with Gasteiger partial charge in [-0.2, -0.15) is 0 Å². The molecule has 0 unspecified atom stereocenters. The van der Waals surface area contributed by atoms with E-state index in [0.717, 1.165) is 19.3 Å². The molecule has 3 nitrogen and oxygen atoms in total. The molecule has 0 aromatic rings. The van der Waals surface area contributed by atoms with Gasteiger partial charge in [-0.05, 0) is 0 Å². The van der Waals surface area contributed by atoms with Gasteiger partial charge in [-0.3, -0.25) is 0 Å². The van der Waals surface area contributed by atoms with E-state index < -0.39 is 20.9 Å². The third-order valence-electron chi connectivity index (χ3n) is 1.35. The molecular weight excluding hydrogens is 266 g/mol. The zero-order chi connectivity index (χ0) is 9.23. The summed E-state index contributed by atoms with van der Waals surface area (Å²) in [5, 5.41) is 0. The zero-order valence-electron chi connectivity index (χ0n) is 7.21. The molecular formula is C8H13O3Sb. The van der Waals surface area contributed by atoms with Gasteiger partial charge in [-0.25, -0.2) is 0 Å². The number of hydrogen-bond donors (Lipinski definition) is 0. The van der Waals surface area contributed by atoms with Crippen LogP contribution in [0.25, 0.3) is 0 Å². The molecule has 68 valence electrons. The Balaban J connectivity index is 3.31. The normalized spacial score (nSPS) is 8.42. The third kappa shape index (κ3) is 7.97. The second-order valence-electron chi connectivity index (χ2n) is 2.37. The van der Waals surface area contributed by atoms with Crippen LogP contribution in [0.4, 0.5) is 0 Å². The Kier molecular flexibility index (Phi) is 8.86. The number of ether oxygens (including phenoxy) is 1. The van der Waals surface area contributed by atoms with E-state index in [9.17, 15) is 7.81 Å². The van der Waals surface area contributed by atoms with Gasteiger partial charge < -0.3 is 0 Å². The number of esters is 1. The van der Waals surface area contributed by atoms with E-state index in [1.54, 1.807) is 0 Å². The Labute approximate surface area is 82.5 Å². The van der Waals surface area contributed by atoms with Crippen molar-refractivity contribution in [3.63, 3.8) is 0 Å². The summed E-state index contributed by atoms with van der Waals surface area (Å²) in [7, 11) is 0. The van der Waals surface area contributed by atoms with E-state index >= 15 is 0 Å². The molecule has 0 radical (unpaired) electrons. The molecule has 0 heterocycles. The first-order valence-electron chi connectivity index (χ1n) is 4.02. The maximum absolute atomic E-state index is 10.8. The van der Waals surface area contributed by atoms with Gasteiger partial charge in [0.05, 0.1) is 0 Å². The summed E-state index contributed by atoms with van der Waals surface area (Å²) < 4.78 is 17.3. The molecule has 0 aromatic carbocycles. The van der Waals surface area contributed by atoms with E-state index in [1.807, 2.05) is 0 Å². The van der Waals surface area contributed by atoms with Crippen LogP contribution in [0, 0.1) is 3.75 Å². The molecule has 0 aliphatic heterocycles. The Hall–Kier alpha value is -0.132. The van der Waals surface area contributed by atoms with Crippen LogP contribution in [0.3, 0.4) is 0 Å². The van der Waals surface area contributed by atoms with Crippen LogP contribution in [0.5, 0.6) is 0 Å². The van der Waals surface area contributed by atoms with Crippen LogP contribution in [0.15, 0.2) is 0 Å². The van der Waals surface area contributed by atoms with Gasteiger partial charge in [-0.1, -0.05) is 0 Å². The van der Waals surface area contributed by atoms with Crippen LogP contribution in [-0.4, -0.2) is 33.5 Å². The summed E-state index contributed by atoms with van der Waals surface area (Å²) in [6, 6.07) is 0. The average Bonchev–Trinajstić information content (AvgIpc) is 2.06. The summed E-state index contributed by atoms with van der Waals surface area (Å²) in [5.41, 5.74) is 0. The van der Waals surface area contributed by atoms with Crippen molar-refractivity contribution in [3.8, 4) is 3.75 Å². The fourth-order valence-corrected chi connectivity index (χ4v) is 1.07. The van der Waals surface area contributed by atoms with Gasteiger partial charge >= 0.3 is 82.4 Å². The van der Waals surface area contributed by atoms with Gasteiger partial charge in [0.15, 0.2) is 0 Å². The Morgan fingerprint density at radius 2 is 2.25 bits per heavy atom. The van der Waals surface area contributed by atoms with Crippen molar-refractivity contribution in [1.29, 1.82) is 0 Å². The summed E-state index contributed by atoms with van der Waals surface area (Å²) >= 11 is -1.51. The molecule has 0 rings (SSSR count). The number of rotatable bonds is 5. The van der Waals surface area contributed by atoms with Crippen LogP contribution in [-0.2, 0) is 12.5 Å². The summed E-state index contributed by atoms with van der Waals surface area (Å²) in [5.74, 6) is -0.208. The van der Waals surface area contributed by atoms with Crippen molar-refractivity contribution >= 4 is 26.9 Å². The van der Waals surface area contributed by atoms with Crippen molar-refractivity contribution in [1.82, 2.24) is 0 Å². The summed E-state index contributed by atoms with van der Waals surface area (Å²) in [4.78, 5) is 10.8. The molecule has 0 amide bonds. The van der Waals surface area contributed by atoms with Crippen LogP contribution >= 0.6 is 0 Å². The molecule has 0 aromatic heterocycles. The van der Waals surface area contributed by atoms with E-state index in [2.05, 4.69) is 10.7 Å². The van der Waals surface area contributed by atoms with Gasteiger partial charge in [0.1, 0.15) is 0 Å². The second-order valence-corrected chi connectivity index (χ2v) is 3.79. The van der Waals surface area contributed by atoms with Crippen LogP contribution in [0.2, 0.25) is 0 Å². The van der Waals surface area contributed by atoms with Crippen molar-refractivity contribution in [2.45, 2.75) is 32.6 Å². The minimum atomic E-state index is -1.51. The molecule has 0 fully saturated rings. The van der Waals surface area contributed by atoms with Crippen molar-refractivity contribution in [2.75, 3.05) is 6.61 Å². The SMILES string of the molecule is CCCCCC(=O)OC[C]#[Sb]=[O]. The van der Waals surface area contributed by atoms with Crippen molar-refractivity contribution < 1.29 is 12.5 Å². The van der Waals surface area contributed by atoms with Crippen LogP contribution in [0.1, 0.15) is 32.6 Å². The van der Waals surface area contributed by atoms with Gasteiger partial charge in [0.2, 0.25) is 0 Å². The summed E-state index contributed by atoms with van der Waals surface area (Å²) in [6.45, 7) is 2.18. The molecule has 0 saturated heterocycles. The molecule has 0 spiro atoms.